The van der Waals surface area contributed by atoms with Gasteiger partial charge < -0.3 is 14.2 Å². The van der Waals surface area contributed by atoms with Gasteiger partial charge in [-0.1, -0.05) is 19.3 Å². The molecule has 1 aliphatic rings. The van der Waals surface area contributed by atoms with Crippen molar-refractivity contribution in [2.75, 3.05) is 36.3 Å². The number of amides is 3. The molecular weight excluding hydrogens is 458 g/mol. The molecule has 1 saturated carbocycles. The largest absolute Gasteiger partial charge is 0.385 e. The van der Waals surface area contributed by atoms with Crippen LogP contribution >= 0.6 is 0 Å². The van der Waals surface area contributed by atoms with Crippen molar-refractivity contribution < 1.29 is 14.3 Å². The summed E-state index contributed by atoms with van der Waals surface area (Å²) in [5.41, 5.74) is 2.71. The number of aromatic nitrogens is 3. The number of imidazole rings is 1. The lowest BCUT2D eigenvalue weighted by Gasteiger charge is -2.26. The zero-order chi connectivity index (χ0) is 25.5. The third kappa shape index (κ3) is 5.80. The number of ether oxygens (including phenoxy) is 1. The number of anilines is 3. The highest BCUT2D eigenvalue weighted by Crippen LogP contribution is 2.29. The molecule has 1 aliphatic carbocycles. The first kappa shape index (κ1) is 25.1. The highest BCUT2D eigenvalue weighted by Gasteiger charge is 2.25. The van der Waals surface area contributed by atoms with E-state index >= 15 is 0 Å². The van der Waals surface area contributed by atoms with Crippen LogP contribution in [0.25, 0.3) is 11.0 Å². The standard InChI is InChI=1S/C26H31N7O3/c1-32(24(34)19-7-4-3-5-8-19)20-10-11-22-21(15-20)29-25(33(22)13-6-14-36-2)31-26(35)30-23-12-9-18(16-27)17-28-23/h9-12,15,17,19H,3-8,13-14H2,1-2H3,(H2,28,29,30,31,35). The molecule has 2 aromatic heterocycles. The number of benzene rings is 1. The Morgan fingerprint density at radius 2 is 2.00 bits per heavy atom. The first-order chi connectivity index (χ1) is 17.5. The first-order valence-corrected chi connectivity index (χ1v) is 12.2. The van der Waals surface area contributed by atoms with E-state index in [0.717, 1.165) is 43.3 Å². The van der Waals surface area contributed by atoms with Crippen LogP contribution in [0, 0.1) is 17.2 Å². The molecule has 3 amide bonds. The van der Waals surface area contributed by atoms with E-state index in [4.69, 9.17) is 10.00 Å². The minimum Gasteiger partial charge on any atom is -0.385 e. The fraction of sp³-hybridized carbons (Fsp3) is 0.423. The zero-order valence-corrected chi connectivity index (χ0v) is 20.7. The Morgan fingerprint density at radius 3 is 2.69 bits per heavy atom. The fourth-order valence-electron chi connectivity index (χ4n) is 4.55. The van der Waals surface area contributed by atoms with Crippen LogP contribution in [0.1, 0.15) is 44.1 Å². The maximum atomic E-state index is 13.0. The number of aryl methyl sites for hydroxylation is 1. The van der Waals surface area contributed by atoms with E-state index in [1.807, 2.05) is 35.9 Å². The topological polar surface area (TPSA) is 125 Å². The molecule has 10 heteroatoms. The van der Waals surface area contributed by atoms with Crippen LogP contribution in [0.5, 0.6) is 0 Å². The van der Waals surface area contributed by atoms with Gasteiger partial charge in [0.1, 0.15) is 11.9 Å². The monoisotopic (exact) mass is 489 g/mol. The lowest BCUT2D eigenvalue weighted by Crippen LogP contribution is -2.33. The Bertz CT molecular complexity index is 1260. The molecule has 0 radical (unpaired) electrons. The van der Waals surface area contributed by atoms with Gasteiger partial charge in [-0.2, -0.15) is 5.26 Å². The molecule has 4 rings (SSSR count). The van der Waals surface area contributed by atoms with Crippen LogP contribution in [0.4, 0.5) is 22.2 Å². The number of methoxy groups -OCH3 is 1. The number of hydrogen-bond acceptors (Lipinski definition) is 6. The molecule has 1 aromatic carbocycles. The van der Waals surface area contributed by atoms with Crippen LogP contribution in [-0.2, 0) is 16.1 Å². The van der Waals surface area contributed by atoms with Gasteiger partial charge in [0.15, 0.2) is 0 Å². The number of fused-ring (bicyclic) bond motifs is 1. The number of urea groups is 1. The first-order valence-electron chi connectivity index (χ1n) is 12.2. The van der Waals surface area contributed by atoms with E-state index in [2.05, 4.69) is 20.6 Å². The van der Waals surface area contributed by atoms with Gasteiger partial charge in [-0.25, -0.2) is 14.8 Å². The SMILES string of the molecule is COCCCn1c(NC(=O)Nc2ccc(C#N)cn2)nc2cc(N(C)C(=O)C3CCCCC3)ccc21. The van der Waals surface area contributed by atoms with Gasteiger partial charge in [0.25, 0.3) is 0 Å². The van der Waals surface area contributed by atoms with Crippen molar-refractivity contribution in [3.63, 3.8) is 0 Å². The summed E-state index contributed by atoms with van der Waals surface area (Å²) in [7, 11) is 3.46. The Kier molecular flexibility index (Phi) is 8.13. The average Bonchev–Trinajstić information content (AvgIpc) is 3.24. The molecule has 0 atom stereocenters. The number of carbonyl (C=O) groups is 2. The number of hydrogen-bond donors (Lipinski definition) is 2. The van der Waals surface area contributed by atoms with E-state index < -0.39 is 6.03 Å². The van der Waals surface area contributed by atoms with Crippen LogP contribution in [0.2, 0.25) is 0 Å². The van der Waals surface area contributed by atoms with Crippen molar-refractivity contribution in [1.29, 1.82) is 5.26 Å². The second-order valence-corrected chi connectivity index (χ2v) is 8.96. The zero-order valence-electron chi connectivity index (χ0n) is 20.7. The van der Waals surface area contributed by atoms with Crippen molar-refractivity contribution >= 4 is 40.4 Å². The Labute approximate surface area is 210 Å². The minimum atomic E-state index is -0.500. The number of nitriles is 1. The normalized spacial score (nSPS) is 13.8. The van der Waals surface area contributed by atoms with Crippen molar-refractivity contribution in [2.24, 2.45) is 5.92 Å². The maximum Gasteiger partial charge on any atom is 0.327 e. The van der Waals surface area contributed by atoms with Gasteiger partial charge in [0.2, 0.25) is 11.9 Å². The van der Waals surface area contributed by atoms with E-state index in [0.29, 0.717) is 36.0 Å². The third-order valence-corrected chi connectivity index (χ3v) is 6.49. The highest BCUT2D eigenvalue weighted by molar-refractivity contribution is 6.00. The Hall–Kier alpha value is -3.97. The quantitative estimate of drug-likeness (QED) is 0.448. The van der Waals surface area contributed by atoms with Crippen LogP contribution in [0.3, 0.4) is 0 Å². The summed E-state index contributed by atoms with van der Waals surface area (Å²) in [6, 6.07) is 10.4. The van der Waals surface area contributed by atoms with Crippen LogP contribution in [0.15, 0.2) is 36.5 Å². The lowest BCUT2D eigenvalue weighted by molar-refractivity contribution is -0.123. The maximum absolute atomic E-state index is 13.0. The second-order valence-electron chi connectivity index (χ2n) is 8.96. The van der Waals surface area contributed by atoms with Crippen LogP contribution < -0.4 is 15.5 Å². The van der Waals surface area contributed by atoms with Crippen molar-refractivity contribution in [3.05, 3.63) is 42.1 Å². The van der Waals surface area contributed by atoms with Crippen LogP contribution in [-0.4, -0.2) is 47.2 Å². The third-order valence-electron chi connectivity index (χ3n) is 6.49. The molecule has 0 unspecified atom stereocenters. The molecule has 0 bridgehead atoms. The molecule has 188 valence electrons. The van der Waals surface area contributed by atoms with E-state index in [1.165, 1.54) is 12.6 Å². The molecule has 3 aromatic rings. The number of nitrogens with one attached hydrogen (secondary N) is 2. The molecule has 36 heavy (non-hydrogen) atoms. The van der Waals surface area contributed by atoms with E-state index in [1.54, 1.807) is 24.1 Å². The van der Waals surface area contributed by atoms with Gasteiger partial charge in [0.05, 0.1) is 16.6 Å². The predicted molar refractivity (Wildman–Crippen MR) is 138 cm³/mol. The average molecular weight is 490 g/mol. The second kappa shape index (κ2) is 11.6. The Morgan fingerprint density at radius 1 is 1.19 bits per heavy atom. The summed E-state index contributed by atoms with van der Waals surface area (Å²) in [6.07, 6.45) is 7.41. The molecule has 0 saturated heterocycles. The summed E-state index contributed by atoms with van der Waals surface area (Å²) in [5, 5.41) is 14.4. The van der Waals surface area contributed by atoms with Crippen molar-refractivity contribution in [2.45, 2.75) is 45.1 Å². The molecule has 2 heterocycles. The fourth-order valence-corrected chi connectivity index (χ4v) is 4.55. The van der Waals surface area contributed by atoms with Crippen molar-refractivity contribution in [3.8, 4) is 6.07 Å². The number of pyridine rings is 1. The van der Waals surface area contributed by atoms with Gasteiger partial charge in [-0.15, -0.1) is 0 Å². The summed E-state index contributed by atoms with van der Waals surface area (Å²) < 4.78 is 7.12. The molecule has 0 aliphatic heterocycles. The summed E-state index contributed by atoms with van der Waals surface area (Å²) in [4.78, 5) is 36.2. The summed E-state index contributed by atoms with van der Waals surface area (Å²) in [5.74, 6) is 0.911. The van der Waals surface area contributed by atoms with Gasteiger partial charge in [-0.3, -0.25) is 15.4 Å². The van der Waals surface area contributed by atoms with E-state index in [9.17, 15) is 9.59 Å². The molecule has 1 fully saturated rings. The number of nitrogens with zero attached hydrogens (tertiary/aromatic N) is 5. The molecular formula is C26H31N7O3. The summed E-state index contributed by atoms with van der Waals surface area (Å²) in [6.45, 7) is 1.16. The van der Waals surface area contributed by atoms with Crippen molar-refractivity contribution in [1.82, 2.24) is 14.5 Å². The number of rotatable bonds is 8. The highest BCUT2D eigenvalue weighted by atomic mass is 16.5. The minimum absolute atomic E-state index is 0.0720. The Balaban J connectivity index is 1.56. The molecule has 2 N–H and O–H groups in total. The molecule has 0 spiro atoms. The predicted octanol–water partition coefficient (Wildman–Crippen LogP) is 4.53. The lowest BCUT2D eigenvalue weighted by atomic mass is 9.88. The number of carbonyl (C=O) groups excluding carboxylic acids is 2. The summed E-state index contributed by atoms with van der Waals surface area (Å²) >= 11 is 0. The van der Waals surface area contributed by atoms with Gasteiger partial charge in [-0.05, 0) is 49.6 Å². The van der Waals surface area contributed by atoms with Gasteiger partial charge >= 0.3 is 6.03 Å². The smallest absolute Gasteiger partial charge is 0.327 e. The van der Waals surface area contributed by atoms with E-state index in [-0.39, 0.29) is 11.8 Å². The van der Waals surface area contributed by atoms with Gasteiger partial charge in [0, 0.05) is 45.1 Å². The molecule has 10 nitrogen and oxygen atoms in total.